The molecule has 0 bridgehead atoms. The molecule has 1 aliphatic heterocycles. The SMILES string of the molecule is CCCn1c(=O)c2ccccc2n([C@H](CC)C(=O)N2CCOCC2)c1=O. The van der Waals surface area contributed by atoms with Crippen LogP contribution < -0.4 is 11.2 Å². The summed E-state index contributed by atoms with van der Waals surface area (Å²) in [4.78, 5) is 40.7. The molecule has 0 spiro atoms. The normalized spacial score (nSPS) is 16.0. The molecule has 140 valence electrons. The molecule has 7 heteroatoms. The predicted molar refractivity (Wildman–Crippen MR) is 99.5 cm³/mol. The zero-order valence-electron chi connectivity index (χ0n) is 15.3. The lowest BCUT2D eigenvalue weighted by atomic mass is 10.1. The molecule has 2 aromatic rings. The summed E-state index contributed by atoms with van der Waals surface area (Å²) in [5.41, 5.74) is -0.190. The highest BCUT2D eigenvalue weighted by Crippen LogP contribution is 2.19. The molecular formula is C19H25N3O4. The molecule has 0 aliphatic carbocycles. The van der Waals surface area contributed by atoms with Gasteiger partial charge >= 0.3 is 5.69 Å². The number of carbonyl (C=O) groups excluding carboxylic acids is 1. The fourth-order valence-corrected chi connectivity index (χ4v) is 3.51. The Kier molecular flexibility index (Phi) is 5.56. The zero-order valence-corrected chi connectivity index (χ0v) is 15.3. The number of hydrogen-bond acceptors (Lipinski definition) is 4. The third kappa shape index (κ3) is 3.19. The quantitative estimate of drug-likeness (QED) is 0.808. The molecule has 7 nitrogen and oxygen atoms in total. The first kappa shape index (κ1) is 18.4. The van der Waals surface area contributed by atoms with Crippen LogP contribution in [0.25, 0.3) is 10.9 Å². The van der Waals surface area contributed by atoms with Crippen molar-refractivity contribution < 1.29 is 9.53 Å². The van der Waals surface area contributed by atoms with E-state index >= 15 is 0 Å². The lowest BCUT2D eigenvalue weighted by Gasteiger charge is -2.31. The molecule has 26 heavy (non-hydrogen) atoms. The Bertz CT molecular complexity index is 909. The minimum absolute atomic E-state index is 0.0928. The third-order valence-corrected chi connectivity index (χ3v) is 4.83. The van der Waals surface area contributed by atoms with Gasteiger partial charge in [0.1, 0.15) is 6.04 Å². The van der Waals surface area contributed by atoms with E-state index in [0.717, 1.165) is 0 Å². The maximum absolute atomic E-state index is 13.1. The number of aromatic nitrogens is 2. The van der Waals surface area contributed by atoms with Crippen LogP contribution in [-0.2, 0) is 16.1 Å². The number of para-hydroxylation sites is 1. The Balaban J connectivity index is 2.19. The van der Waals surface area contributed by atoms with Gasteiger partial charge in [0.25, 0.3) is 5.56 Å². The molecule has 1 amide bonds. The smallest absolute Gasteiger partial charge is 0.332 e. The van der Waals surface area contributed by atoms with Gasteiger partial charge in [0.2, 0.25) is 5.91 Å². The van der Waals surface area contributed by atoms with Crippen molar-refractivity contribution in [2.24, 2.45) is 0 Å². The van der Waals surface area contributed by atoms with Crippen molar-refractivity contribution in [3.05, 3.63) is 45.1 Å². The summed E-state index contributed by atoms with van der Waals surface area (Å²) in [5, 5.41) is 0.466. The van der Waals surface area contributed by atoms with Gasteiger partial charge in [0, 0.05) is 19.6 Å². The van der Waals surface area contributed by atoms with Crippen molar-refractivity contribution in [1.82, 2.24) is 14.0 Å². The second kappa shape index (κ2) is 7.86. The maximum Gasteiger partial charge on any atom is 0.332 e. The molecule has 1 aromatic carbocycles. The number of carbonyl (C=O) groups is 1. The number of rotatable bonds is 5. The van der Waals surface area contributed by atoms with Crippen LogP contribution >= 0.6 is 0 Å². The van der Waals surface area contributed by atoms with Crippen LogP contribution in [0.3, 0.4) is 0 Å². The number of nitrogens with zero attached hydrogens (tertiary/aromatic N) is 3. The highest BCUT2D eigenvalue weighted by atomic mass is 16.5. The number of hydrogen-bond donors (Lipinski definition) is 0. The van der Waals surface area contributed by atoms with Crippen LogP contribution in [0.15, 0.2) is 33.9 Å². The van der Waals surface area contributed by atoms with Gasteiger partial charge in [-0.1, -0.05) is 26.0 Å². The van der Waals surface area contributed by atoms with Crippen molar-refractivity contribution in [2.45, 2.75) is 39.3 Å². The van der Waals surface area contributed by atoms with Crippen LogP contribution in [0.1, 0.15) is 32.7 Å². The first-order chi connectivity index (χ1) is 12.6. The molecule has 0 unspecified atom stereocenters. The van der Waals surface area contributed by atoms with E-state index in [4.69, 9.17) is 4.74 Å². The van der Waals surface area contributed by atoms with Gasteiger partial charge in [-0.15, -0.1) is 0 Å². The molecule has 2 heterocycles. The van der Waals surface area contributed by atoms with Gasteiger partial charge in [-0.05, 0) is 25.0 Å². The van der Waals surface area contributed by atoms with Crippen molar-refractivity contribution in [3.8, 4) is 0 Å². The fourth-order valence-electron chi connectivity index (χ4n) is 3.51. The Morgan fingerprint density at radius 2 is 1.85 bits per heavy atom. The van der Waals surface area contributed by atoms with Crippen LogP contribution in [-0.4, -0.2) is 46.2 Å². The standard InChI is InChI=1S/C19H25N3O4/c1-3-9-21-17(23)14-7-5-6-8-16(14)22(19(21)25)15(4-2)18(24)20-10-12-26-13-11-20/h5-8,15H,3-4,9-13H2,1-2H3/t15-/m1/s1. The van der Waals surface area contributed by atoms with E-state index in [2.05, 4.69) is 0 Å². The van der Waals surface area contributed by atoms with Gasteiger partial charge in [-0.2, -0.15) is 0 Å². The van der Waals surface area contributed by atoms with E-state index in [9.17, 15) is 14.4 Å². The average molecular weight is 359 g/mol. The Labute approximate surface area is 151 Å². The summed E-state index contributed by atoms with van der Waals surface area (Å²) >= 11 is 0. The Morgan fingerprint density at radius 1 is 1.15 bits per heavy atom. The van der Waals surface area contributed by atoms with Gasteiger partial charge in [0.05, 0.1) is 24.1 Å². The number of fused-ring (bicyclic) bond motifs is 1. The largest absolute Gasteiger partial charge is 0.378 e. The summed E-state index contributed by atoms with van der Waals surface area (Å²) in [6.45, 7) is 6.21. The van der Waals surface area contributed by atoms with Crippen molar-refractivity contribution >= 4 is 16.8 Å². The van der Waals surface area contributed by atoms with Gasteiger partial charge in [-0.3, -0.25) is 18.7 Å². The lowest BCUT2D eigenvalue weighted by Crippen LogP contribution is -2.48. The van der Waals surface area contributed by atoms with E-state index in [1.54, 1.807) is 29.2 Å². The third-order valence-electron chi connectivity index (χ3n) is 4.83. The Morgan fingerprint density at radius 3 is 2.50 bits per heavy atom. The average Bonchev–Trinajstić information content (AvgIpc) is 2.68. The number of ether oxygens (including phenoxy) is 1. The van der Waals surface area contributed by atoms with Crippen LogP contribution in [0.4, 0.5) is 0 Å². The number of amides is 1. The van der Waals surface area contributed by atoms with Crippen LogP contribution in [0.5, 0.6) is 0 Å². The second-order valence-electron chi connectivity index (χ2n) is 6.49. The highest BCUT2D eigenvalue weighted by Gasteiger charge is 2.29. The molecule has 1 fully saturated rings. The first-order valence-corrected chi connectivity index (χ1v) is 9.20. The highest BCUT2D eigenvalue weighted by molar-refractivity contribution is 5.84. The van der Waals surface area contributed by atoms with E-state index in [1.165, 1.54) is 9.13 Å². The van der Waals surface area contributed by atoms with Crippen molar-refractivity contribution in [3.63, 3.8) is 0 Å². The predicted octanol–water partition coefficient (Wildman–Crippen LogP) is 1.38. The van der Waals surface area contributed by atoms with Crippen LogP contribution in [0, 0.1) is 0 Å². The monoisotopic (exact) mass is 359 g/mol. The van der Waals surface area contributed by atoms with E-state index < -0.39 is 11.7 Å². The summed E-state index contributed by atoms with van der Waals surface area (Å²) < 4.78 is 8.07. The summed E-state index contributed by atoms with van der Waals surface area (Å²) in [6, 6.07) is 6.39. The first-order valence-electron chi connectivity index (χ1n) is 9.20. The van der Waals surface area contributed by atoms with Crippen molar-refractivity contribution in [2.75, 3.05) is 26.3 Å². The minimum Gasteiger partial charge on any atom is -0.378 e. The maximum atomic E-state index is 13.1. The molecule has 0 N–H and O–H groups in total. The van der Waals surface area contributed by atoms with Crippen LogP contribution in [0.2, 0.25) is 0 Å². The van der Waals surface area contributed by atoms with E-state index in [-0.39, 0.29) is 11.5 Å². The molecule has 1 aromatic heterocycles. The number of benzene rings is 1. The molecule has 1 saturated heterocycles. The van der Waals surface area contributed by atoms with Gasteiger partial charge in [-0.25, -0.2) is 4.79 Å². The van der Waals surface area contributed by atoms with Crippen molar-refractivity contribution in [1.29, 1.82) is 0 Å². The summed E-state index contributed by atoms with van der Waals surface area (Å²) in [6.07, 6.45) is 1.14. The minimum atomic E-state index is -0.630. The topological polar surface area (TPSA) is 73.5 Å². The molecule has 1 atom stereocenters. The van der Waals surface area contributed by atoms with E-state index in [1.807, 2.05) is 13.8 Å². The molecule has 1 aliphatic rings. The second-order valence-corrected chi connectivity index (χ2v) is 6.49. The fraction of sp³-hybridized carbons (Fsp3) is 0.526. The summed E-state index contributed by atoms with van der Waals surface area (Å²) in [5.74, 6) is -0.0928. The lowest BCUT2D eigenvalue weighted by molar-refractivity contribution is -0.139. The van der Waals surface area contributed by atoms with Gasteiger partial charge < -0.3 is 9.64 Å². The Hall–Kier alpha value is -2.41. The molecular weight excluding hydrogens is 334 g/mol. The molecule has 3 rings (SSSR count). The number of morpholine rings is 1. The van der Waals surface area contributed by atoms with E-state index in [0.29, 0.717) is 56.6 Å². The summed E-state index contributed by atoms with van der Waals surface area (Å²) in [7, 11) is 0. The van der Waals surface area contributed by atoms with Gasteiger partial charge in [0.15, 0.2) is 0 Å². The molecule has 0 radical (unpaired) electrons. The zero-order chi connectivity index (χ0) is 18.7. The molecule has 0 saturated carbocycles.